The number of amides is 1. The molecule has 0 fully saturated rings. The zero-order chi connectivity index (χ0) is 21.5. The van der Waals surface area contributed by atoms with Crippen molar-refractivity contribution in [1.29, 1.82) is 0 Å². The number of anilines is 1. The molecule has 0 bridgehead atoms. The van der Waals surface area contributed by atoms with Gasteiger partial charge in [0.1, 0.15) is 0 Å². The second-order valence-electron chi connectivity index (χ2n) is 7.93. The summed E-state index contributed by atoms with van der Waals surface area (Å²) < 4.78 is 1.14. The second-order valence-corrected chi connectivity index (χ2v) is 10.1. The van der Waals surface area contributed by atoms with Gasteiger partial charge in [0, 0.05) is 17.9 Å². The summed E-state index contributed by atoms with van der Waals surface area (Å²) in [7, 11) is 4.13. The largest absolute Gasteiger partial charge is 0.309 e. The number of halogens is 1. The lowest BCUT2D eigenvalue weighted by molar-refractivity contribution is -0.118. The van der Waals surface area contributed by atoms with Gasteiger partial charge >= 0.3 is 0 Å². The van der Waals surface area contributed by atoms with E-state index in [4.69, 9.17) is 4.98 Å². The lowest BCUT2D eigenvalue weighted by Crippen LogP contribution is -2.33. The zero-order valence-corrected chi connectivity index (χ0v) is 21.2. The van der Waals surface area contributed by atoms with Crippen LogP contribution in [0.5, 0.6) is 0 Å². The molecule has 0 aliphatic rings. The minimum absolute atomic E-state index is 0. The molecule has 1 amide bonds. The summed E-state index contributed by atoms with van der Waals surface area (Å²) in [5, 5.41) is 0.825. The molecule has 0 N–H and O–H groups in total. The SMILES string of the molecule is Cc1ccc(SCCCC(=O)N(CCCN(C)C)c2nc3ccc(C)cc3s2)cc1.Cl. The fraction of sp³-hybridized carbons (Fsp3) is 0.417. The summed E-state index contributed by atoms with van der Waals surface area (Å²) in [6.07, 6.45) is 2.35. The second kappa shape index (κ2) is 12.4. The van der Waals surface area contributed by atoms with Gasteiger partial charge in [-0.15, -0.1) is 24.2 Å². The number of aryl methyl sites for hydroxylation is 2. The Morgan fingerprint density at radius 2 is 1.71 bits per heavy atom. The molecule has 0 radical (unpaired) electrons. The van der Waals surface area contributed by atoms with Gasteiger partial charge in [-0.05, 0) is 82.9 Å². The van der Waals surface area contributed by atoms with E-state index in [2.05, 4.69) is 69.2 Å². The van der Waals surface area contributed by atoms with Crippen molar-refractivity contribution in [3.05, 3.63) is 53.6 Å². The molecule has 3 aromatic rings. The summed E-state index contributed by atoms with van der Waals surface area (Å²) in [4.78, 5) is 23.2. The van der Waals surface area contributed by atoms with Crippen molar-refractivity contribution in [2.75, 3.05) is 37.8 Å². The van der Waals surface area contributed by atoms with Gasteiger partial charge in [0.2, 0.25) is 5.91 Å². The van der Waals surface area contributed by atoms with Crippen molar-refractivity contribution in [1.82, 2.24) is 9.88 Å². The summed E-state index contributed by atoms with van der Waals surface area (Å²) in [5.74, 6) is 1.12. The van der Waals surface area contributed by atoms with Crippen LogP contribution in [0, 0.1) is 13.8 Å². The Balaban J connectivity index is 0.00000341. The number of thiazole rings is 1. The fourth-order valence-electron chi connectivity index (χ4n) is 3.19. The van der Waals surface area contributed by atoms with E-state index < -0.39 is 0 Å². The van der Waals surface area contributed by atoms with Crippen molar-refractivity contribution in [2.24, 2.45) is 0 Å². The van der Waals surface area contributed by atoms with Crippen LogP contribution in [0.4, 0.5) is 5.13 Å². The van der Waals surface area contributed by atoms with Gasteiger partial charge in [-0.2, -0.15) is 0 Å². The van der Waals surface area contributed by atoms with Crippen molar-refractivity contribution < 1.29 is 4.79 Å². The number of nitrogens with zero attached hydrogens (tertiary/aromatic N) is 3. The number of rotatable bonds is 10. The number of carbonyl (C=O) groups excluding carboxylic acids is 1. The van der Waals surface area contributed by atoms with E-state index in [9.17, 15) is 4.79 Å². The van der Waals surface area contributed by atoms with E-state index in [0.717, 1.165) is 40.5 Å². The van der Waals surface area contributed by atoms with Crippen molar-refractivity contribution in [2.45, 2.75) is 38.0 Å². The number of carbonyl (C=O) groups is 1. The molecule has 7 heteroatoms. The van der Waals surface area contributed by atoms with E-state index in [-0.39, 0.29) is 18.3 Å². The minimum Gasteiger partial charge on any atom is -0.309 e. The van der Waals surface area contributed by atoms with Crippen LogP contribution in [0.25, 0.3) is 10.2 Å². The maximum atomic E-state index is 13.1. The molecule has 0 saturated heterocycles. The minimum atomic E-state index is 0. The number of fused-ring (bicyclic) bond motifs is 1. The lowest BCUT2D eigenvalue weighted by Gasteiger charge is -2.21. The van der Waals surface area contributed by atoms with E-state index in [1.807, 2.05) is 22.7 Å². The highest BCUT2D eigenvalue weighted by molar-refractivity contribution is 7.99. The fourth-order valence-corrected chi connectivity index (χ4v) is 5.15. The highest BCUT2D eigenvalue weighted by Crippen LogP contribution is 2.30. The van der Waals surface area contributed by atoms with Crippen molar-refractivity contribution in [3.8, 4) is 0 Å². The molecule has 168 valence electrons. The quantitative estimate of drug-likeness (QED) is 0.257. The van der Waals surface area contributed by atoms with Gasteiger partial charge in [0.15, 0.2) is 5.13 Å². The van der Waals surface area contributed by atoms with Crippen molar-refractivity contribution in [3.63, 3.8) is 0 Å². The average molecular weight is 478 g/mol. The summed E-state index contributed by atoms with van der Waals surface area (Å²) in [6.45, 7) is 5.85. The Kier molecular flexibility index (Phi) is 10.3. The number of benzene rings is 2. The number of hydrogen-bond donors (Lipinski definition) is 0. The number of hydrogen-bond acceptors (Lipinski definition) is 5. The first kappa shape index (κ1) is 25.7. The van der Waals surface area contributed by atoms with Gasteiger partial charge in [-0.1, -0.05) is 35.1 Å². The Hall–Kier alpha value is -1.60. The van der Waals surface area contributed by atoms with Crippen LogP contribution >= 0.6 is 35.5 Å². The van der Waals surface area contributed by atoms with Crippen LogP contribution in [0.1, 0.15) is 30.4 Å². The molecule has 0 spiro atoms. The molecule has 1 aromatic heterocycles. The van der Waals surface area contributed by atoms with Crippen LogP contribution in [0.2, 0.25) is 0 Å². The van der Waals surface area contributed by atoms with Crippen LogP contribution in [0.15, 0.2) is 47.4 Å². The van der Waals surface area contributed by atoms with Crippen molar-refractivity contribution >= 4 is 56.8 Å². The summed E-state index contributed by atoms with van der Waals surface area (Å²) in [6, 6.07) is 14.8. The smallest absolute Gasteiger partial charge is 0.228 e. The molecule has 0 unspecified atom stereocenters. The normalized spacial score (nSPS) is 11.0. The molecule has 0 atom stereocenters. The average Bonchev–Trinajstić information content (AvgIpc) is 3.12. The van der Waals surface area contributed by atoms with Gasteiger partial charge in [-0.25, -0.2) is 4.98 Å². The number of thioether (sulfide) groups is 1. The molecule has 4 nitrogen and oxygen atoms in total. The summed E-state index contributed by atoms with van der Waals surface area (Å²) >= 11 is 3.43. The zero-order valence-electron chi connectivity index (χ0n) is 18.8. The van der Waals surface area contributed by atoms with Gasteiger partial charge in [0.25, 0.3) is 0 Å². The van der Waals surface area contributed by atoms with E-state index in [0.29, 0.717) is 13.0 Å². The molecule has 31 heavy (non-hydrogen) atoms. The lowest BCUT2D eigenvalue weighted by atomic mass is 10.2. The Morgan fingerprint density at radius 3 is 2.42 bits per heavy atom. The molecular formula is C24H32ClN3OS2. The highest BCUT2D eigenvalue weighted by Gasteiger charge is 2.19. The standard InChI is InChI=1S/C24H31N3OS2.ClH/c1-18-8-11-20(12-9-18)29-16-5-7-23(28)27(15-6-14-26(3)4)24-25-21-13-10-19(2)17-22(21)30-24;/h8-13,17H,5-7,14-16H2,1-4H3;1H. The van der Waals surface area contributed by atoms with E-state index >= 15 is 0 Å². The highest BCUT2D eigenvalue weighted by atomic mass is 35.5. The van der Waals surface area contributed by atoms with Crippen LogP contribution < -0.4 is 4.90 Å². The molecule has 1 heterocycles. The van der Waals surface area contributed by atoms with Gasteiger partial charge in [0.05, 0.1) is 10.2 Å². The monoisotopic (exact) mass is 477 g/mol. The Morgan fingerprint density at radius 1 is 1.00 bits per heavy atom. The third kappa shape index (κ3) is 7.79. The topological polar surface area (TPSA) is 36.4 Å². The molecule has 0 aliphatic carbocycles. The molecule has 3 rings (SSSR count). The predicted octanol–water partition coefficient (Wildman–Crippen LogP) is 6.19. The van der Waals surface area contributed by atoms with Gasteiger partial charge in [-0.3, -0.25) is 9.69 Å². The molecule has 2 aromatic carbocycles. The predicted molar refractivity (Wildman–Crippen MR) is 138 cm³/mol. The van der Waals surface area contributed by atoms with Crippen LogP contribution in [-0.2, 0) is 4.79 Å². The van der Waals surface area contributed by atoms with E-state index in [1.54, 1.807) is 11.3 Å². The molecular weight excluding hydrogens is 446 g/mol. The first-order valence-corrected chi connectivity index (χ1v) is 12.2. The first-order chi connectivity index (χ1) is 14.4. The van der Waals surface area contributed by atoms with E-state index in [1.165, 1.54) is 16.0 Å². The van der Waals surface area contributed by atoms with Crippen LogP contribution in [0.3, 0.4) is 0 Å². The van der Waals surface area contributed by atoms with Gasteiger partial charge < -0.3 is 4.90 Å². The van der Waals surface area contributed by atoms with Crippen LogP contribution in [-0.4, -0.2) is 48.7 Å². The Bertz CT molecular complexity index is 973. The number of aromatic nitrogens is 1. The molecule has 0 saturated carbocycles. The Labute approximate surface area is 200 Å². The summed E-state index contributed by atoms with van der Waals surface area (Å²) in [5.41, 5.74) is 3.46. The first-order valence-electron chi connectivity index (χ1n) is 10.4. The maximum absolute atomic E-state index is 13.1. The third-order valence-electron chi connectivity index (χ3n) is 4.88. The molecule has 0 aliphatic heterocycles. The third-order valence-corrected chi connectivity index (χ3v) is 7.02. The maximum Gasteiger partial charge on any atom is 0.228 e.